The van der Waals surface area contributed by atoms with Gasteiger partial charge in [0.25, 0.3) is 5.91 Å². The van der Waals surface area contributed by atoms with Crippen molar-refractivity contribution in [2.24, 2.45) is 5.92 Å². The molecule has 3 aromatic heterocycles. The Morgan fingerprint density at radius 1 is 1.18 bits per heavy atom. The number of nitrogens with one attached hydrogen (secondary N) is 2. The van der Waals surface area contributed by atoms with Crippen LogP contribution in [0.5, 0.6) is 0 Å². The highest BCUT2D eigenvalue weighted by atomic mass is 35.5. The zero-order valence-electron chi connectivity index (χ0n) is 23.9. The summed E-state index contributed by atoms with van der Waals surface area (Å²) in [5, 5.41) is 23.2. The van der Waals surface area contributed by atoms with Crippen LogP contribution in [-0.2, 0) is 11.2 Å². The first-order valence-electron chi connectivity index (χ1n) is 14.1. The monoisotopic (exact) mass is 630 g/mol. The predicted molar refractivity (Wildman–Crippen MR) is 165 cm³/mol. The molecule has 0 saturated heterocycles. The highest BCUT2D eigenvalue weighted by Crippen LogP contribution is 2.33. The second kappa shape index (κ2) is 12.6. The van der Waals surface area contributed by atoms with Gasteiger partial charge in [0.2, 0.25) is 5.91 Å². The summed E-state index contributed by atoms with van der Waals surface area (Å²) in [6, 6.07) is 13.9. The molecule has 0 spiro atoms. The molecule has 6 rings (SSSR count). The smallest absolute Gasteiger partial charge is 0.274 e. The average Bonchev–Trinajstić information content (AvgIpc) is 3.67. The molecule has 0 saturated carbocycles. The minimum Gasteiger partial charge on any atom is -0.342 e. The van der Waals surface area contributed by atoms with E-state index in [9.17, 15) is 14.0 Å². The van der Waals surface area contributed by atoms with Crippen LogP contribution < -0.4 is 10.6 Å². The van der Waals surface area contributed by atoms with Crippen molar-refractivity contribution in [1.82, 2.24) is 35.5 Å². The molecule has 5 aromatic rings. The maximum atomic E-state index is 14.7. The Labute approximate surface area is 261 Å². The van der Waals surface area contributed by atoms with Crippen molar-refractivity contribution >= 4 is 40.4 Å². The Morgan fingerprint density at radius 2 is 2.05 bits per heavy atom. The topological polar surface area (TPSA) is 128 Å². The molecule has 1 aliphatic heterocycles. The molecule has 13 heteroatoms. The predicted octanol–water partition coefficient (Wildman–Crippen LogP) is 6.10. The van der Waals surface area contributed by atoms with Gasteiger partial charge >= 0.3 is 0 Å². The first-order valence-corrected chi connectivity index (χ1v) is 15.4. The minimum absolute atomic E-state index is 0.0555. The van der Waals surface area contributed by atoms with Crippen molar-refractivity contribution in [3.8, 4) is 16.8 Å². The average molecular weight is 631 g/mol. The lowest BCUT2D eigenvalue weighted by atomic mass is 9.94. The molecular weight excluding hydrogens is 603 g/mol. The summed E-state index contributed by atoms with van der Waals surface area (Å²) in [4.78, 5) is 31.4. The van der Waals surface area contributed by atoms with E-state index in [2.05, 4.69) is 36.1 Å². The maximum absolute atomic E-state index is 14.7. The Hall–Kier alpha value is -4.55. The van der Waals surface area contributed by atoms with Crippen LogP contribution in [-0.4, -0.2) is 42.0 Å². The second-order valence-corrected chi connectivity index (χ2v) is 12.0. The molecule has 0 radical (unpaired) electrons. The quantitative estimate of drug-likeness (QED) is 0.240. The molecule has 44 heavy (non-hydrogen) atoms. The van der Waals surface area contributed by atoms with Crippen LogP contribution in [0.25, 0.3) is 16.8 Å². The number of anilines is 1. The van der Waals surface area contributed by atoms with E-state index in [4.69, 9.17) is 11.6 Å². The number of fused-ring (bicyclic) bond motifs is 4. The van der Waals surface area contributed by atoms with Gasteiger partial charge in [-0.25, -0.2) is 9.07 Å². The molecule has 2 bridgehead atoms. The lowest BCUT2D eigenvalue weighted by molar-refractivity contribution is -0.119. The number of hydrogen-bond donors (Lipinski definition) is 2. The Balaban J connectivity index is 1.32. The molecule has 0 fully saturated rings. The molecule has 1 aliphatic rings. The van der Waals surface area contributed by atoms with Crippen molar-refractivity contribution in [3.05, 3.63) is 98.7 Å². The van der Waals surface area contributed by atoms with Crippen molar-refractivity contribution < 1.29 is 14.0 Å². The van der Waals surface area contributed by atoms with Gasteiger partial charge in [0.05, 0.1) is 22.5 Å². The molecule has 2 atom stereocenters. The molecule has 10 nitrogen and oxygen atoms in total. The number of rotatable bonds is 5. The molecule has 2 N–H and O–H groups in total. The van der Waals surface area contributed by atoms with Crippen LogP contribution in [0, 0.1) is 18.7 Å². The molecule has 4 heterocycles. The van der Waals surface area contributed by atoms with Crippen LogP contribution in [0.3, 0.4) is 0 Å². The Kier molecular flexibility index (Phi) is 8.45. The number of aromatic nitrogens is 6. The van der Waals surface area contributed by atoms with Crippen LogP contribution in [0.15, 0.2) is 60.2 Å². The van der Waals surface area contributed by atoms with Gasteiger partial charge in [0, 0.05) is 29.8 Å². The van der Waals surface area contributed by atoms with E-state index >= 15 is 0 Å². The van der Waals surface area contributed by atoms with E-state index in [1.807, 2.05) is 37.3 Å². The van der Waals surface area contributed by atoms with Crippen molar-refractivity contribution in [2.75, 3.05) is 5.32 Å². The molecule has 224 valence electrons. The summed E-state index contributed by atoms with van der Waals surface area (Å²) in [6.07, 6.45) is 4.12. The highest BCUT2D eigenvalue weighted by Gasteiger charge is 2.25. The van der Waals surface area contributed by atoms with Crippen LogP contribution >= 0.6 is 22.9 Å². The zero-order valence-corrected chi connectivity index (χ0v) is 25.5. The normalized spacial score (nSPS) is 16.8. The molecule has 2 aromatic carbocycles. The number of amides is 2. The van der Waals surface area contributed by atoms with Gasteiger partial charge in [-0.3, -0.25) is 14.6 Å². The van der Waals surface area contributed by atoms with E-state index in [1.165, 1.54) is 28.2 Å². The molecule has 0 aliphatic carbocycles. The van der Waals surface area contributed by atoms with Crippen molar-refractivity contribution in [3.63, 3.8) is 0 Å². The second-order valence-electron chi connectivity index (χ2n) is 10.7. The fraction of sp³-hybridized carbons (Fsp3) is 0.258. The first-order chi connectivity index (χ1) is 21.3. The van der Waals surface area contributed by atoms with Gasteiger partial charge in [-0.05, 0) is 61.2 Å². The summed E-state index contributed by atoms with van der Waals surface area (Å²) in [7, 11) is 0. The fourth-order valence-corrected chi connectivity index (χ4v) is 6.00. The number of halogens is 2. The summed E-state index contributed by atoms with van der Waals surface area (Å²) < 4.78 is 16.0. The Morgan fingerprint density at radius 3 is 2.86 bits per heavy atom. The van der Waals surface area contributed by atoms with Crippen molar-refractivity contribution in [1.29, 1.82) is 0 Å². The van der Waals surface area contributed by atoms with Gasteiger partial charge < -0.3 is 10.6 Å². The van der Waals surface area contributed by atoms with Gasteiger partial charge in [-0.15, -0.1) is 26.6 Å². The largest absolute Gasteiger partial charge is 0.342 e. The van der Waals surface area contributed by atoms with Crippen LogP contribution in [0.1, 0.15) is 64.7 Å². The fourth-order valence-electron chi connectivity index (χ4n) is 5.27. The standard InChI is InChI=1S/C31H28ClFN8O2S/c1-17-5-3-7-23(36-31(43)29-18(2)41(40-39-29)26-8-4-6-22(32)28(26)33)25-15-20(11-12-34-25)21-10-9-19(13-24(21)37-30(17)42)14-27-38-35-16-44-27/h4,6,8-13,15-17,23H,3,5,7,14H2,1-2H3,(H,36,43)(H,37,42)/t17-,23-/m0/s1. The van der Waals surface area contributed by atoms with E-state index in [1.54, 1.807) is 24.7 Å². The summed E-state index contributed by atoms with van der Waals surface area (Å²) in [5.41, 5.74) is 6.27. The molecular formula is C31H28ClFN8O2S. The Bertz CT molecular complexity index is 1840. The lowest BCUT2D eigenvalue weighted by Gasteiger charge is -2.22. The third-order valence-electron chi connectivity index (χ3n) is 7.70. The summed E-state index contributed by atoms with van der Waals surface area (Å²) >= 11 is 7.44. The third-order valence-corrected chi connectivity index (χ3v) is 8.69. The lowest BCUT2D eigenvalue weighted by Crippen LogP contribution is -2.30. The zero-order chi connectivity index (χ0) is 30.8. The van der Waals surface area contributed by atoms with Crippen LogP contribution in [0.2, 0.25) is 5.02 Å². The summed E-state index contributed by atoms with van der Waals surface area (Å²) in [5.74, 6) is -1.45. The number of hydrogen-bond acceptors (Lipinski definition) is 8. The number of carbonyl (C=O) groups excluding carboxylic acids is 2. The molecule has 0 unspecified atom stereocenters. The summed E-state index contributed by atoms with van der Waals surface area (Å²) in [6.45, 7) is 3.54. The number of carbonyl (C=O) groups is 2. The highest BCUT2D eigenvalue weighted by molar-refractivity contribution is 7.09. The third kappa shape index (κ3) is 6.08. The minimum atomic E-state index is -0.653. The number of benzene rings is 2. The van der Waals surface area contributed by atoms with Crippen LogP contribution in [0.4, 0.5) is 10.1 Å². The van der Waals surface area contributed by atoms with E-state index in [0.29, 0.717) is 42.8 Å². The maximum Gasteiger partial charge on any atom is 0.274 e. The van der Waals surface area contributed by atoms with Gasteiger partial charge in [-0.1, -0.05) is 48.4 Å². The molecule has 2 amide bonds. The number of pyridine rings is 1. The van der Waals surface area contributed by atoms with E-state index < -0.39 is 17.8 Å². The first kappa shape index (κ1) is 29.5. The SMILES string of the molecule is Cc1c(C(=O)N[C@H]2CCC[C@H](C)C(=O)Nc3cc(Cc4nncs4)ccc3-c3ccnc2c3)nnn1-c1cccc(Cl)c1F. The van der Waals surface area contributed by atoms with Crippen molar-refractivity contribution in [2.45, 2.75) is 45.6 Å². The van der Waals surface area contributed by atoms with Gasteiger partial charge in [-0.2, -0.15) is 0 Å². The van der Waals surface area contributed by atoms with Gasteiger partial charge in [0.1, 0.15) is 16.2 Å². The van der Waals surface area contributed by atoms with Gasteiger partial charge in [0.15, 0.2) is 11.5 Å². The number of nitrogens with zero attached hydrogens (tertiary/aromatic N) is 6. The van der Waals surface area contributed by atoms with E-state index in [0.717, 1.165) is 21.7 Å². The van der Waals surface area contributed by atoms with E-state index in [-0.39, 0.29) is 28.2 Å².